The third-order valence-corrected chi connectivity index (χ3v) is 6.43. The second-order valence-electron chi connectivity index (χ2n) is 7.02. The van der Waals surface area contributed by atoms with Gasteiger partial charge in [-0.05, 0) is 43.3 Å². The van der Waals surface area contributed by atoms with Gasteiger partial charge in [0.2, 0.25) is 5.91 Å². The van der Waals surface area contributed by atoms with Crippen LogP contribution >= 0.6 is 23.1 Å². The molecule has 4 aromatic rings. The fourth-order valence-corrected chi connectivity index (χ4v) is 4.30. The number of anilines is 2. The van der Waals surface area contributed by atoms with Crippen LogP contribution in [0.1, 0.15) is 15.4 Å². The van der Waals surface area contributed by atoms with E-state index >= 15 is 0 Å². The quantitative estimate of drug-likeness (QED) is 0.383. The van der Waals surface area contributed by atoms with Crippen LogP contribution in [0.15, 0.2) is 71.5 Å². The number of thiazole rings is 1. The molecule has 2 aromatic carbocycles. The highest BCUT2D eigenvalue weighted by Crippen LogP contribution is 2.23. The first kappa shape index (κ1) is 21.8. The van der Waals surface area contributed by atoms with E-state index in [-0.39, 0.29) is 17.6 Å². The van der Waals surface area contributed by atoms with Crippen molar-refractivity contribution in [2.24, 2.45) is 7.05 Å². The van der Waals surface area contributed by atoms with Gasteiger partial charge < -0.3 is 15.2 Å². The minimum absolute atomic E-state index is 0.134. The van der Waals surface area contributed by atoms with E-state index < -0.39 is 0 Å². The van der Waals surface area contributed by atoms with Crippen molar-refractivity contribution in [3.63, 3.8) is 0 Å². The van der Waals surface area contributed by atoms with Crippen molar-refractivity contribution in [1.29, 1.82) is 0 Å². The van der Waals surface area contributed by atoms with Crippen LogP contribution in [0.5, 0.6) is 0 Å². The van der Waals surface area contributed by atoms with Crippen LogP contribution in [-0.4, -0.2) is 32.1 Å². The molecule has 32 heavy (non-hydrogen) atoms. The van der Waals surface area contributed by atoms with E-state index in [4.69, 9.17) is 0 Å². The number of hydrogen-bond acceptors (Lipinski definition) is 6. The van der Waals surface area contributed by atoms with Crippen molar-refractivity contribution >= 4 is 46.3 Å². The van der Waals surface area contributed by atoms with E-state index in [1.165, 1.54) is 11.8 Å². The van der Waals surface area contributed by atoms with Crippen LogP contribution in [-0.2, 0) is 11.8 Å². The lowest BCUT2D eigenvalue weighted by Gasteiger charge is -2.08. The highest BCUT2D eigenvalue weighted by Gasteiger charge is 2.10. The predicted molar refractivity (Wildman–Crippen MR) is 129 cm³/mol. The molecule has 0 bridgehead atoms. The van der Waals surface area contributed by atoms with Crippen molar-refractivity contribution in [3.8, 4) is 11.3 Å². The first-order valence-electron chi connectivity index (χ1n) is 9.82. The number of aryl methyl sites for hydroxylation is 2. The molecule has 2 amide bonds. The Morgan fingerprint density at radius 2 is 1.72 bits per heavy atom. The fraction of sp³-hybridized carbons (Fsp3) is 0.130. The molecule has 9 heteroatoms. The molecule has 2 heterocycles. The van der Waals surface area contributed by atoms with Gasteiger partial charge in [0.1, 0.15) is 0 Å². The number of carbonyl (C=O) groups is 2. The number of hydrogen-bond donors (Lipinski definition) is 2. The number of rotatable bonds is 7. The number of amides is 2. The molecular weight excluding hydrogens is 442 g/mol. The molecule has 0 aliphatic carbocycles. The van der Waals surface area contributed by atoms with E-state index in [1.807, 2.05) is 54.4 Å². The Balaban J connectivity index is 1.30. The highest BCUT2D eigenvalue weighted by molar-refractivity contribution is 7.99. The molecule has 162 valence electrons. The zero-order chi connectivity index (χ0) is 22.5. The molecule has 7 nitrogen and oxygen atoms in total. The Labute approximate surface area is 193 Å². The van der Waals surface area contributed by atoms with Gasteiger partial charge in [0.15, 0.2) is 5.16 Å². The summed E-state index contributed by atoms with van der Waals surface area (Å²) in [4.78, 5) is 33.4. The van der Waals surface area contributed by atoms with Gasteiger partial charge in [-0.1, -0.05) is 23.9 Å². The second kappa shape index (κ2) is 9.80. The molecule has 0 saturated carbocycles. The van der Waals surface area contributed by atoms with Crippen LogP contribution in [0.2, 0.25) is 0 Å². The number of nitrogens with one attached hydrogen (secondary N) is 2. The van der Waals surface area contributed by atoms with Crippen LogP contribution in [0.4, 0.5) is 11.4 Å². The van der Waals surface area contributed by atoms with Crippen molar-refractivity contribution in [2.75, 3.05) is 16.4 Å². The van der Waals surface area contributed by atoms with Crippen molar-refractivity contribution in [1.82, 2.24) is 14.5 Å². The Morgan fingerprint density at radius 1 is 1.03 bits per heavy atom. The first-order chi connectivity index (χ1) is 15.5. The number of aromatic nitrogens is 3. The van der Waals surface area contributed by atoms with Gasteiger partial charge in [-0.3, -0.25) is 9.59 Å². The molecule has 0 aliphatic rings. The normalized spacial score (nSPS) is 10.7. The molecule has 4 rings (SSSR count). The van der Waals surface area contributed by atoms with Crippen LogP contribution in [0, 0.1) is 6.92 Å². The molecular formula is C23H21N5O2S2. The summed E-state index contributed by atoms with van der Waals surface area (Å²) >= 11 is 2.97. The van der Waals surface area contributed by atoms with Gasteiger partial charge in [-0.2, -0.15) is 0 Å². The van der Waals surface area contributed by atoms with Gasteiger partial charge in [0.25, 0.3) is 5.91 Å². The Morgan fingerprint density at radius 3 is 2.34 bits per heavy atom. The number of imidazole rings is 1. The molecule has 0 unspecified atom stereocenters. The summed E-state index contributed by atoms with van der Waals surface area (Å²) in [5, 5.41) is 9.53. The smallest absolute Gasteiger partial charge is 0.255 e. The van der Waals surface area contributed by atoms with E-state index in [2.05, 4.69) is 20.6 Å². The van der Waals surface area contributed by atoms with E-state index in [1.54, 1.807) is 41.8 Å². The fourth-order valence-electron chi connectivity index (χ4n) is 2.95. The molecule has 0 saturated heterocycles. The molecule has 2 N–H and O–H groups in total. The summed E-state index contributed by atoms with van der Waals surface area (Å²) in [5.74, 6) is -0.0973. The number of carbonyl (C=O) groups excluding carboxylic acids is 2. The Bertz CT molecular complexity index is 1230. The molecule has 0 fully saturated rings. The summed E-state index contributed by atoms with van der Waals surface area (Å²) in [6.07, 6.45) is 3.53. The first-order valence-corrected chi connectivity index (χ1v) is 11.7. The minimum atomic E-state index is -0.217. The lowest BCUT2D eigenvalue weighted by molar-refractivity contribution is -0.113. The largest absolute Gasteiger partial charge is 0.329 e. The Hall–Kier alpha value is -3.43. The summed E-state index contributed by atoms with van der Waals surface area (Å²) in [5.41, 5.74) is 3.78. The standard InChI is InChI=1S/C23H21N5O2S2/c1-15-25-20(13-31-15)16-3-7-19(8-4-16)27-22(30)17-5-9-18(10-6-17)26-21(29)14-32-23-24-11-12-28(23)2/h3-13H,14H2,1-2H3,(H,26,29)(H,27,30). The van der Waals surface area contributed by atoms with Gasteiger partial charge in [-0.15, -0.1) is 11.3 Å². The molecule has 0 spiro atoms. The Kier molecular flexibility index (Phi) is 6.67. The monoisotopic (exact) mass is 463 g/mol. The zero-order valence-corrected chi connectivity index (χ0v) is 19.2. The highest BCUT2D eigenvalue weighted by atomic mass is 32.2. The zero-order valence-electron chi connectivity index (χ0n) is 17.5. The van der Waals surface area contributed by atoms with E-state index in [9.17, 15) is 9.59 Å². The van der Waals surface area contributed by atoms with Gasteiger partial charge in [0.05, 0.1) is 16.5 Å². The van der Waals surface area contributed by atoms with E-state index in [0.717, 1.165) is 21.4 Å². The lowest BCUT2D eigenvalue weighted by atomic mass is 10.1. The van der Waals surface area contributed by atoms with Crippen molar-refractivity contribution < 1.29 is 9.59 Å². The average molecular weight is 464 g/mol. The molecule has 0 atom stereocenters. The van der Waals surface area contributed by atoms with Crippen molar-refractivity contribution in [3.05, 3.63) is 76.9 Å². The summed E-state index contributed by atoms with van der Waals surface area (Å²) in [6, 6.07) is 14.4. The summed E-state index contributed by atoms with van der Waals surface area (Å²) in [7, 11) is 1.88. The minimum Gasteiger partial charge on any atom is -0.329 e. The van der Waals surface area contributed by atoms with E-state index in [0.29, 0.717) is 16.9 Å². The molecule has 0 aliphatic heterocycles. The molecule has 0 radical (unpaired) electrons. The maximum atomic E-state index is 12.5. The lowest BCUT2D eigenvalue weighted by Crippen LogP contribution is -2.15. The summed E-state index contributed by atoms with van der Waals surface area (Å²) < 4.78 is 1.86. The summed E-state index contributed by atoms with van der Waals surface area (Å²) in [6.45, 7) is 1.97. The van der Waals surface area contributed by atoms with Crippen molar-refractivity contribution in [2.45, 2.75) is 12.1 Å². The van der Waals surface area contributed by atoms with Gasteiger partial charge in [0, 0.05) is 47.3 Å². The topological polar surface area (TPSA) is 88.9 Å². The number of nitrogens with zero attached hydrogens (tertiary/aromatic N) is 3. The third-order valence-electron chi connectivity index (χ3n) is 4.60. The third kappa shape index (κ3) is 5.43. The number of thioether (sulfide) groups is 1. The van der Waals surface area contributed by atoms with Crippen LogP contribution in [0.3, 0.4) is 0 Å². The average Bonchev–Trinajstić information content (AvgIpc) is 3.41. The predicted octanol–water partition coefficient (Wildman–Crippen LogP) is 4.84. The van der Waals surface area contributed by atoms with Gasteiger partial charge >= 0.3 is 0 Å². The van der Waals surface area contributed by atoms with Crippen LogP contribution < -0.4 is 10.6 Å². The molecule has 2 aromatic heterocycles. The maximum absolute atomic E-state index is 12.5. The van der Waals surface area contributed by atoms with Crippen LogP contribution in [0.25, 0.3) is 11.3 Å². The maximum Gasteiger partial charge on any atom is 0.255 e. The second-order valence-corrected chi connectivity index (χ2v) is 9.02. The SMILES string of the molecule is Cc1nc(-c2ccc(NC(=O)c3ccc(NC(=O)CSc4nccn4C)cc3)cc2)cs1. The van der Waals surface area contributed by atoms with Gasteiger partial charge in [-0.25, -0.2) is 9.97 Å². The number of benzene rings is 2.